The van der Waals surface area contributed by atoms with E-state index in [-0.39, 0.29) is 6.61 Å². The average Bonchev–Trinajstić information content (AvgIpc) is 2.93. The van der Waals surface area contributed by atoms with E-state index >= 15 is 0 Å². The molecule has 1 saturated heterocycles. The molecule has 1 aromatic carbocycles. The van der Waals surface area contributed by atoms with E-state index in [0.29, 0.717) is 30.0 Å². The zero-order chi connectivity index (χ0) is 15.2. The molecule has 1 aromatic heterocycles. The predicted octanol–water partition coefficient (Wildman–Crippen LogP) is 2.16. The first kappa shape index (κ1) is 14.4. The van der Waals surface area contributed by atoms with E-state index in [0.717, 1.165) is 13.0 Å². The summed E-state index contributed by atoms with van der Waals surface area (Å²) in [5.41, 5.74) is 1.17. The summed E-state index contributed by atoms with van der Waals surface area (Å²) in [6.07, 6.45) is 0.555. The molecular weight excluding hydrogens is 286 g/mol. The smallest absolute Gasteiger partial charge is 0.412 e. The van der Waals surface area contributed by atoms with Gasteiger partial charge in [-0.3, -0.25) is 5.32 Å². The Bertz CT molecular complexity index is 610. The quantitative estimate of drug-likeness (QED) is 0.850. The van der Waals surface area contributed by atoms with Crippen LogP contribution in [0.5, 0.6) is 5.95 Å². The number of ether oxygens (including phenoxy) is 2. The molecule has 2 aromatic rings. The third-order valence-corrected chi connectivity index (χ3v) is 3.26. The molecule has 0 saturated carbocycles. The number of aromatic nitrogens is 1. The lowest BCUT2D eigenvalue weighted by molar-refractivity contribution is 0.149. The molecule has 7 nitrogen and oxygen atoms in total. The van der Waals surface area contributed by atoms with Gasteiger partial charge in [-0.2, -0.15) is 0 Å². The van der Waals surface area contributed by atoms with Gasteiger partial charge in [0.1, 0.15) is 18.9 Å². The second kappa shape index (κ2) is 6.95. The largest absolute Gasteiger partial charge is 0.462 e. The molecule has 1 atom stereocenters. The highest BCUT2D eigenvalue weighted by Crippen LogP contribution is 2.15. The number of carbonyl (C=O) groups is 1. The standard InChI is InChI=1S/C15H17N3O4/c19-15(17-11-4-2-1-3-5-11)21-10-13-8-14(22-18-13)20-9-12-6-7-16-12/h1-5,8,12,16H,6-7,9-10H2,(H,17,19)/t12-/m0/s1. The molecule has 22 heavy (non-hydrogen) atoms. The number of benzene rings is 1. The summed E-state index contributed by atoms with van der Waals surface area (Å²) < 4.78 is 15.5. The normalized spacial score (nSPS) is 16.6. The number of para-hydroxylation sites is 1. The van der Waals surface area contributed by atoms with Crippen molar-refractivity contribution in [1.82, 2.24) is 10.5 Å². The Morgan fingerprint density at radius 2 is 2.23 bits per heavy atom. The van der Waals surface area contributed by atoms with Gasteiger partial charge in [0.2, 0.25) is 0 Å². The van der Waals surface area contributed by atoms with Crippen molar-refractivity contribution in [3.63, 3.8) is 0 Å². The van der Waals surface area contributed by atoms with Gasteiger partial charge in [-0.05, 0) is 25.1 Å². The van der Waals surface area contributed by atoms with Gasteiger partial charge in [0, 0.05) is 17.8 Å². The fraction of sp³-hybridized carbons (Fsp3) is 0.333. The summed E-state index contributed by atoms with van der Waals surface area (Å²) in [6.45, 7) is 1.59. The second-order valence-electron chi connectivity index (χ2n) is 4.96. The minimum atomic E-state index is -0.546. The molecule has 0 radical (unpaired) electrons. The number of nitrogens with one attached hydrogen (secondary N) is 2. The van der Waals surface area contributed by atoms with Crippen molar-refractivity contribution in [3.8, 4) is 5.95 Å². The minimum Gasteiger partial charge on any atom is -0.462 e. The van der Waals surface area contributed by atoms with Crippen LogP contribution in [0.2, 0.25) is 0 Å². The molecule has 0 bridgehead atoms. The molecule has 2 N–H and O–H groups in total. The van der Waals surface area contributed by atoms with Crippen molar-refractivity contribution in [1.29, 1.82) is 0 Å². The van der Waals surface area contributed by atoms with Crippen LogP contribution in [0.15, 0.2) is 40.9 Å². The van der Waals surface area contributed by atoms with Crippen LogP contribution in [0.25, 0.3) is 0 Å². The van der Waals surface area contributed by atoms with Gasteiger partial charge >= 0.3 is 12.0 Å². The second-order valence-corrected chi connectivity index (χ2v) is 4.96. The van der Waals surface area contributed by atoms with Gasteiger partial charge < -0.3 is 19.3 Å². The zero-order valence-corrected chi connectivity index (χ0v) is 12.0. The summed E-state index contributed by atoms with van der Waals surface area (Å²) in [4.78, 5) is 11.6. The predicted molar refractivity (Wildman–Crippen MR) is 78.7 cm³/mol. The van der Waals surface area contributed by atoms with Gasteiger partial charge in [0.25, 0.3) is 0 Å². The monoisotopic (exact) mass is 303 g/mol. The van der Waals surface area contributed by atoms with Crippen LogP contribution in [0.3, 0.4) is 0 Å². The number of rotatable bonds is 6. The molecule has 1 aliphatic rings. The van der Waals surface area contributed by atoms with E-state index < -0.39 is 6.09 Å². The number of hydrogen-bond donors (Lipinski definition) is 2. The van der Waals surface area contributed by atoms with E-state index in [1.807, 2.05) is 18.2 Å². The molecule has 0 unspecified atom stereocenters. The molecule has 1 fully saturated rings. The van der Waals surface area contributed by atoms with Crippen molar-refractivity contribution in [3.05, 3.63) is 42.1 Å². The van der Waals surface area contributed by atoms with Gasteiger partial charge in [0.15, 0.2) is 0 Å². The summed E-state index contributed by atoms with van der Waals surface area (Å²) in [5, 5.41) is 9.63. The fourth-order valence-electron chi connectivity index (χ4n) is 1.92. The maximum atomic E-state index is 11.6. The van der Waals surface area contributed by atoms with E-state index in [2.05, 4.69) is 15.8 Å². The number of anilines is 1. The lowest BCUT2D eigenvalue weighted by atomic mass is 10.1. The SMILES string of the molecule is O=C(Nc1ccccc1)OCc1cc(OC[C@@H]2CCN2)on1. The molecular formula is C15H17N3O4. The maximum absolute atomic E-state index is 11.6. The number of carbonyl (C=O) groups excluding carboxylic acids is 1. The molecule has 3 rings (SSSR count). The van der Waals surface area contributed by atoms with E-state index in [1.54, 1.807) is 18.2 Å². The highest BCUT2D eigenvalue weighted by atomic mass is 16.6. The first-order chi connectivity index (χ1) is 10.8. The highest BCUT2D eigenvalue weighted by Gasteiger charge is 2.18. The summed E-state index contributed by atoms with van der Waals surface area (Å²) in [5.74, 6) is 0.329. The van der Waals surface area contributed by atoms with Crippen LogP contribution < -0.4 is 15.4 Å². The van der Waals surface area contributed by atoms with E-state index in [9.17, 15) is 4.79 Å². The molecule has 1 amide bonds. The lowest BCUT2D eigenvalue weighted by Gasteiger charge is -2.26. The zero-order valence-electron chi connectivity index (χ0n) is 12.0. The Balaban J connectivity index is 1.41. The van der Waals surface area contributed by atoms with E-state index in [4.69, 9.17) is 14.0 Å². The van der Waals surface area contributed by atoms with E-state index in [1.165, 1.54) is 0 Å². The Hall–Kier alpha value is -2.54. The van der Waals surface area contributed by atoms with Crippen LogP contribution in [0, 0.1) is 0 Å². The van der Waals surface area contributed by atoms with Crippen LogP contribution in [0.1, 0.15) is 12.1 Å². The number of amides is 1. The lowest BCUT2D eigenvalue weighted by Crippen LogP contribution is -2.46. The molecule has 2 heterocycles. The summed E-state index contributed by atoms with van der Waals surface area (Å²) >= 11 is 0. The summed E-state index contributed by atoms with van der Waals surface area (Å²) in [7, 11) is 0. The van der Waals surface area contributed by atoms with Crippen LogP contribution >= 0.6 is 0 Å². The van der Waals surface area contributed by atoms with Crippen LogP contribution in [0.4, 0.5) is 10.5 Å². The van der Waals surface area contributed by atoms with Gasteiger partial charge in [-0.15, -0.1) is 0 Å². The summed E-state index contributed by atoms with van der Waals surface area (Å²) in [6, 6.07) is 11.1. The average molecular weight is 303 g/mol. The maximum Gasteiger partial charge on any atom is 0.412 e. The molecule has 116 valence electrons. The van der Waals surface area contributed by atoms with Gasteiger partial charge in [0.05, 0.1) is 0 Å². The third-order valence-electron chi connectivity index (χ3n) is 3.26. The third kappa shape index (κ3) is 3.98. The van der Waals surface area contributed by atoms with Gasteiger partial charge in [-0.1, -0.05) is 23.4 Å². The number of hydrogen-bond acceptors (Lipinski definition) is 6. The topological polar surface area (TPSA) is 85.6 Å². The molecule has 0 aliphatic carbocycles. The van der Waals surface area contributed by atoms with Crippen molar-refractivity contribution in [2.24, 2.45) is 0 Å². The Kier molecular flexibility index (Phi) is 4.55. The van der Waals surface area contributed by atoms with Crippen molar-refractivity contribution in [2.75, 3.05) is 18.5 Å². The molecule has 7 heteroatoms. The minimum absolute atomic E-state index is 0.0210. The first-order valence-corrected chi connectivity index (χ1v) is 7.10. The Morgan fingerprint density at radius 1 is 1.41 bits per heavy atom. The molecule has 1 aliphatic heterocycles. The highest BCUT2D eigenvalue weighted by molar-refractivity contribution is 5.84. The fourth-order valence-corrected chi connectivity index (χ4v) is 1.92. The first-order valence-electron chi connectivity index (χ1n) is 7.10. The van der Waals surface area contributed by atoms with Crippen molar-refractivity contribution < 1.29 is 18.8 Å². The van der Waals surface area contributed by atoms with Crippen LogP contribution in [-0.2, 0) is 11.3 Å². The van der Waals surface area contributed by atoms with Crippen molar-refractivity contribution >= 4 is 11.8 Å². The Labute approximate surface area is 127 Å². The number of nitrogens with zero attached hydrogens (tertiary/aromatic N) is 1. The van der Waals surface area contributed by atoms with Gasteiger partial charge in [-0.25, -0.2) is 4.79 Å². The Morgan fingerprint density at radius 3 is 2.95 bits per heavy atom. The van der Waals surface area contributed by atoms with Crippen molar-refractivity contribution in [2.45, 2.75) is 19.1 Å². The van der Waals surface area contributed by atoms with Crippen LogP contribution in [-0.4, -0.2) is 30.4 Å². The molecule has 0 spiro atoms.